The van der Waals surface area contributed by atoms with Crippen LogP contribution in [-0.2, 0) is 0 Å². The van der Waals surface area contributed by atoms with E-state index in [4.69, 9.17) is 4.98 Å². The molecule has 0 aliphatic rings. The lowest BCUT2D eigenvalue weighted by atomic mass is 10.0. The molecule has 0 saturated carbocycles. The molecule has 0 bridgehead atoms. The monoisotopic (exact) mass is 312 g/mol. The summed E-state index contributed by atoms with van der Waals surface area (Å²) in [4.78, 5) is 4.81. The lowest BCUT2D eigenvalue weighted by molar-refractivity contribution is 1.26. The van der Waals surface area contributed by atoms with Gasteiger partial charge in [-0.1, -0.05) is 54.6 Å². The standard InChI is InChI=1S/C22H20N2/c1-14-7-6-8-15(2)21(14)24-20-13-16(3)23-22-18-10-5-4-9-17(18)11-12-19(20)22/h4-13H,1-3H3,(H,23,24). The first-order valence-corrected chi connectivity index (χ1v) is 8.26. The van der Waals surface area contributed by atoms with Gasteiger partial charge in [0.25, 0.3) is 0 Å². The van der Waals surface area contributed by atoms with Crippen molar-refractivity contribution in [2.24, 2.45) is 0 Å². The van der Waals surface area contributed by atoms with Crippen LogP contribution < -0.4 is 5.32 Å². The predicted octanol–water partition coefficient (Wildman–Crippen LogP) is 6.06. The van der Waals surface area contributed by atoms with Gasteiger partial charge in [0, 0.05) is 27.8 Å². The summed E-state index contributed by atoms with van der Waals surface area (Å²) in [7, 11) is 0. The van der Waals surface area contributed by atoms with Crippen LogP contribution in [0.15, 0.2) is 60.7 Å². The van der Waals surface area contributed by atoms with E-state index in [-0.39, 0.29) is 0 Å². The van der Waals surface area contributed by atoms with Crippen molar-refractivity contribution in [1.82, 2.24) is 4.98 Å². The summed E-state index contributed by atoms with van der Waals surface area (Å²) in [5.74, 6) is 0. The van der Waals surface area contributed by atoms with E-state index < -0.39 is 0 Å². The zero-order valence-electron chi connectivity index (χ0n) is 14.2. The first kappa shape index (κ1) is 14.7. The Morgan fingerprint density at radius 1 is 0.750 bits per heavy atom. The predicted molar refractivity (Wildman–Crippen MR) is 103 cm³/mol. The number of hydrogen-bond acceptors (Lipinski definition) is 2. The zero-order valence-corrected chi connectivity index (χ0v) is 14.2. The summed E-state index contributed by atoms with van der Waals surface area (Å²) >= 11 is 0. The molecule has 1 aromatic heterocycles. The Kier molecular flexibility index (Phi) is 3.46. The highest BCUT2D eigenvalue weighted by molar-refractivity contribution is 6.09. The average molecular weight is 312 g/mol. The van der Waals surface area contributed by atoms with Gasteiger partial charge in [-0.05, 0) is 43.4 Å². The molecule has 0 radical (unpaired) electrons. The Bertz CT molecular complexity index is 1040. The summed E-state index contributed by atoms with van der Waals surface area (Å²) < 4.78 is 0. The number of nitrogens with one attached hydrogen (secondary N) is 1. The number of anilines is 2. The van der Waals surface area contributed by atoms with E-state index in [1.165, 1.54) is 27.6 Å². The molecule has 24 heavy (non-hydrogen) atoms. The molecule has 1 N–H and O–H groups in total. The molecule has 118 valence electrons. The lowest BCUT2D eigenvalue weighted by Crippen LogP contribution is -1.99. The van der Waals surface area contributed by atoms with Crippen LogP contribution >= 0.6 is 0 Å². The lowest BCUT2D eigenvalue weighted by Gasteiger charge is -2.16. The fourth-order valence-electron chi connectivity index (χ4n) is 3.34. The van der Waals surface area contributed by atoms with E-state index in [0.717, 1.165) is 22.3 Å². The van der Waals surface area contributed by atoms with E-state index in [1.54, 1.807) is 0 Å². The summed E-state index contributed by atoms with van der Waals surface area (Å²) in [6.45, 7) is 6.33. The molecule has 0 saturated heterocycles. The molecule has 1 heterocycles. The van der Waals surface area contributed by atoms with E-state index in [2.05, 4.69) is 86.8 Å². The van der Waals surface area contributed by atoms with E-state index >= 15 is 0 Å². The Morgan fingerprint density at radius 3 is 2.29 bits per heavy atom. The molecule has 0 aliphatic carbocycles. The summed E-state index contributed by atoms with van der Waals surface area (Å²) in [5.41, 5.74) is 6.87. The topological polar surface area (TPSA) is 24.9 Å². The fourth-order valence-corrected chi connectivity index (χ4v) is 3.34. The molecule has 0 spiro atoms. The molecule has 3 aromatic carbocycles. The Morgan fingerprint density at radius 2 is 1.50 bits per heavy atom. The van der Waals surface area contributed by atoms with Crippen LogP contribution in [0.5, 0.6) is 0 Å². The maximum Gasteiger partial charge on any atom is 0.0804 e. The number of pyridine rings is 1. The SMILES string of the molecule is Cc1cc(Nc2c(C)cccc2C)c2ccc3ccccc3c2n1. The summed E-state index contributed by atoms with van der Waals surface area (Å²) in [6.07, 6.45) is 0. The smallest absolute Gasteiger partial charge is 0.0804 e. The van der Waals surface area contributed by atoms with Crippen molar-refractivity contribution in [3.05, 3.63) is 77.5 Å². The highest BCUT2D eigenvalue weighted by Crippen LogP contribution is 2.33. The van der Waals surface area contributed by atoms with Gasteiger partial charge in [0.15, 0.2) is 0 Å². The summed E-state index contributed by atoms with van der Waals surface area (Å²) in [5, 5.41) is 7.22. The normalized spacial score (nSPS) is 11.1. The van der Waals surface area contributed by atoms with Crippen LogP contribution in [0.1, 0.15) is 16.8 Å². The van der Waals surface area contributed by atoms with Crippen molar-refractivity contribution in [1.29, 1.82) is 0 Å². The van der Waals surface area contributed by atoms with Crippen LogP contribution in [0.25, 0.3) is 21.7 Å². The van der Waals surface area contributed by atoms with Crippen molar-refractivity contribution in [2.45, 2.75) is 20.8 Å². The summed E-state index contributed by atoms with van der Waals surface area (Å²) in [6, 6.07) is 21.3. The number of aryl methyl sites for hydroxylation is 3. The quantitative estimate of drug-likeness (QED) is 0.455. The molecular formula is C22H20N2. The van der Waals surface area contributed by atoms with Crippen LogP contribution in [-0.4, -0.2) is 4.98 Å². The van der Waals surface area contributed by atoms with Crippen molar-refractivity contribution in [3.8, 4) is 0 Å². The van der Waals surface area contributed by atoms with Crippen molar-refractivity contribution in [2.75, 3.05) is 5.32 Å². The van der Waals surface area contributed by atoms with E-state index in [1.807, 2.05) is 0 Å². The van der Waals surface area contributed by atoms with Crippen LogP contribution in [0.2, 0.25) is 0 Å². The van der Waals surface area contributed by atoms with Gasteiger partial charge < -0.3 is 5.32 Å². The Labute approximate surface area is 142 Å². The minimum atomic E-state index is 1.02. The third-order valence-corrected chi connectivity index (χ3v) is 4.57. The molecule has 2 heteroatoms. The maximum absolute atomic E-state index is 4.81. The second-order valence-corrected chi connectivity index (χ2v) is 6.39. The average Bonchev–Trinajstić information content (AvgIpc) is 2.58. The molecule has 0 aliphatic heterocycles. The largest absolute Gasteiger partial charge is 0.354 e. The van der Waals surface area contributed by atoms with Crippen LogP contribution in [0.4, 0.5) is 11.4 Å². The number of para-hydroxylation sites is 1. The number of hydrogen-bond donors (Lipinski definition) is 1. The highest BCUT2D eigenvalue weighted by Gasteiger charge is 2.10. The Balaban J connectivity index is 1.97. The minimum absolute atomic E-state index is 1.02. The van der Waals surface area contributed by atoms with Crippen LogP contribution in [0, 0.1) is 20.8 Å². The number of nitrogens with zero attached hydrogens (tertiary/aromatic N) is 1. The molecule has 0 unspecified atom stereocenters. The molecule has 0 amide bonds. The minimum Gasteiger partial charge on any atom is -0.354 e. The fraction of sp³-hybridized carbons (Fsp3) is 0.136. The molecule has 4 rings (SSSR count). The maximum atomic E-state index is 4.81. The highest BCUT2D eigenvalue weighted by atomic mass is 14.9. The Hall–Kier alpha value is -2.87. The molecular weight excluding hydrogens is 292 g/mol. The molecule has 2 nitrogen and oxygen atoms in total. The van der Waals surface area contributed by atoms with Crippen molar-refractivity contribution >= 4 is 33.1 Å². The molecule has 0 fully saturated rings. The van der Waals surface area contributed by atoms with Crippen molar-refractivity contribution in [3.63, 3.8) is 0 Å². The first-order valence-electron chi connectivity index (χ1n) is 8.26. The second kappa shape index (κ2) is 5.64. The molecule has 0 atom stereocenters. The number of benzene rings is 3. The second-order valence-electron chi connectivity index (χ2n) is 6.39. The van der Waals surface area contributed by atoms with Gasteiger partial charge >= 0.3 is 0 Å². The van der Waals surface area contributed by atoms with Gasteiger partial charge in [0.05, 0.1) is 5.52 Å². The third kappa shape index (κ3) is 2.41. The number of fused-ring (bicyclic) bond motifs is 3. The number of aromatic nitrogens is 1. The van der Waals surface area contributed by atoms with Gasteiger partial charge in [-0.25, -0.2) is 0 Å². The van der Waals surface area contributed by atoms with Gasteiger partial charge in [-0.2, -0.15) is 0 Å². The van der Waals surface area contributed by atoms with Crippen molar-refractivity contribution < 1.29 is 0 Å². The molecule has 4 aromatic rings. The first-order chi connectivity index (χ1) is 11.6. The van der Waals surface area contributed by atoms with Crippen LogP contribution in [0.3, 0.4) is 0 Å². The van der Waals surface area contributed by atoms with E-state index in [0.29, 0.717) is 0 Å². The van der Waals surface area contributed by atoms with Gasteiger partial charge in [-0.3, -0.25) is 4.98 Å². The van der Waals surface area contributed by atoms with Gasteiger partial charge in [0.1, 0.15) is 0 Å². The number of rotatable bonds is 2. The third-order valence-electron chi connectivity index (χ3n) is 4.57. The van der Waals surface area contributed by atoms with Gasteiger partial charge in [0.2, 0.25) is 0 Å². The van der Waals surface area contributed by atoms with Gasteiger partial charge in [-0.15, -0.1) is 0 Å². The van der Waals surface area contributed by atoms with E-state index in [9.17, 15) is 0 Å². The zero-order chi connectivity index (χ0) is 16.7.